The van der Waals surface area contributed by atoms with E-state index in [1.807, 2.05) is 13.0 Å². The first-order chi connectivity index (χ1) is 10.0. The molecule has 0 radical (unpaired) electrons. The van der Waals surface area contributed by atoms with Crippen molar-refractivity contribution in [2.45, 2.75) is 18.5 Å². The number of nitrogens with zero attached hydrogens (tertiary/aromatic N) is 2. The molecule has 0 aliphatic rings. The van der Waals surface area contributed by atoms with Crippen LogP contribution in [0.15, 0.2) is 35.6 Å². The lowest BCUT2D eigenvalue weighted by Crippen LogP contribution is -2.13. The standard InChI is InChI=1S/C14H15ClN4OS/c1-9-4-6-17-14(18-9)21-7-5-13(20)19-12-3-2-10(15)8-11(12)16/h2-4,6,8H,5,7,16H2,1H3,(H,19,20). The van der Waals surface area contributed by atoms with E-state index in [1.54, 1.807) is 24.4 Å². The van der Waals surface area contributed by atoms with Crippen LogP contribution in [0.5, 0.6) is 0 Å². The van der Waals surface area contributed by atoms with Crippen molar-refractivity contribution in [3.05, 3.63) is 41.2 Å². The number of aromatic nitrogens is 2. The van der Waals surface area contributed by atoms with Gasteiger partial charge in [-0.3, -0.25) is 4.79 Å². The molecule has 110 valence electrons. The van der Waals surface area contributed by atoms with E-state index >= 15 is 0 Å². The molecule has 1 heterocycles. The third kappa shape index (κ3) is 4.91. The summed E-state index contributed by atoms with van der Waals surface area (Å²) in [6.45, 7) is 1.90. The summed E-state index contributed by atoms with van der Waals surface area (Å²) in [5, 5.41) is 3.97. The number of hydrogen-bond acceptors (Lipinski definition) is 5. The Kier molecular flexibility index (Phi) is 5.41. The van der Waals surface area contributed by atoms with Gasteiger partial charge in [-0.1, -0.05) is 23.4 Å². The Morgan fingerprint density at radius 3 is 2.95 bits per heavy atom. The average Bonchev–Trinajstić information content (AvgIpc) is 2.42. The van der Waals surface area contributed by atoms with Gasteiger partial charge in [-0.2, -0.15) is 0 Å². The Labute approximate surface area is 132 Å². The number of halogens is 1. The minimum Gasteiger partial charge on any atom is -0.397 e. The number of hydrogen-bond donors (Lipinski definition) is 2. The molecule has 5 nitrogen and oxygen atoms in total. The molecule has 0 atom stereocenters. The number of thioether (sulfide) groups is 1. The largest absolute Gasteiger partial charge is 0.397 e. The number of carbonyl (C=O) groups is 1. The molecular weight excluding hydrogens is 308 g/mol. The minimum atomic E-state index is -0.107. The van der Waals surface area contributed by atoms with Gasteiger partial charge < -0.3 is 11.1 Å². The third-order valence-electron chi connectivity index (χ3n) is 2.62. The molecule has 0 saturated carbocycles. The predicted molar refractivity (Wildman–Crippen MR) is 86.6 cm³/mol. The van der Waals surface area contributed by atoms with Gasteiger partial charge in [-0.05, 0) is 31.2 Å². The van der Waals surface area contributed by atoms with Crippen LogP contribution in [0.4, 0.5) is 11.4 Å². The molecule has 7 heteroatoms. The average molecular weight is 323 g/mol. The summed E-state index contributed by atoms with van der Waals surface area (Å²) in [6, 6.07) is 6.81. The third-order valence-corrected chi connectivity index (χ3v) is 3.72. The first kappa shape index (κ1) is 15.6. The van der Waals surface area contributed by atoms with Crippen LogP contribution in [0.2, 0.25) is 5.02 Å². The zero-order valence-electron chi connectivity index (χ0n) is 11.5. The second kappa shape index (κ2) is 7.28. The van der Waals surface area contributed by atoms with Crippen molar-refractivity contribution in [2.24, 2.45) is 0 Å². The monoisotopic (exact) mass is 322 g/mol. The van der Waals surface area contributed by atoms with Gasteiger partial charge in [0.25, 0.3) is 0 Å². The van der Waals surface area contributed by atoms with Gasteiger partial charge in [0.1, 0.15) is 0 Å². The first-order valence-corrected chi connectivity index (χ1v) is 7.68. The maximum atomic E-state index is 11.9. The number of anilines is 2. The van der Waals surface area contributed by atoms with E-state index in [4.69, 9.17) is 17.3 Å². The van der Waals surface area contributed by atoms with E-state index in [2.05, 4.69) is 15.3 Å². The second-order valence-corrected chi connectivity index (χ2v) is 5.86. The summed E-state index contributed by atoms with van der Waals surface area (Å²) in [7, 11) is 0. The highest BCUT2D eigenvalue weighted by Gasteiger charge is 2.07. The van der Waals surface area contributed by atoms with E-state index in [0.717, 1.165) is 5.69 Å². The fourth-order valence-electron chi connectivity index (χ4n) is 1.59. The van der Waals surface area contributed by atoms with Crippen molar-refractivity contribution in [3.8, 4) is 0 Å². The summed E-state index contributed by atoms with van der Waals surface area (Å²) >= 11 is 7.25. The van der Waals surface area contributed by atoms with Crippen LogP contribution in [0.1, 0.15) is 12.1 Å². The van der Waals surface area contributed by atoms with E-state index in [1.165, 1.54) is 11.8 Å². The van der Waals surface area contributed by atoms with Crippen molar-refractivity contribution >= 4 is 40.6 Å². The lowest BCUT2D eigenvalue weighted by Gasteiger charge is -2.08. The van der Waals surface area contributed by atoms with Crippen LogP contribution in [0.25, 0.3) is 0 Å². The fourth-order valence-corrected chi connectivity index (χ4v) is 2.59. The molecule has 2 aromatic rings. The smallest absolute Gasteiger partial charge is 0.225 e. The maximum absolute atomic E-state index is 11.9. The molecule has 1 aromatic heterocycles. The summed E-state index contributed by atoms with van der Waals surface area (Å²) in [5.74, 6) is 0.493. The van der Waals surface area contributed by atoms with Gasteiger partial charge in [0.15, 0.2) is 5.16 Å². The van der Waals surface area contributed by atoms with Gasteiger partial charge in [0.05, 0.1) is 11.4 Å². The van der Waals surface area contributed by atoms with Crippen LogP contribution in [-0.4, -0.2) is 21.6 Å². The van der Waals surface area contributed by atoms with Crippen molar-refractivity contribution in [1.82, 2.24) is 9.97 Å². The number of rotatable bonds is 5. The van der Waals surface area contributed by atoms with E-state index in [-0.39, 0.29) is 5.91 Å². The van der Waals surface area contributed by atoms with Gasteiger partial charge in [0, 0.05) is 29.1 Å². The number of nitrogens with one attached hydrogen (secondary N) is 1. The zero-order valence-corrected chi connectivity index (χ0v) is 13.0. The number of aryl methyl sites for hydroxylation is 1. The van der Waals surface area contributed by atoms with Gasteiger partial charge in [-0.15, -0.1) is 0 Å². The van der Waals surface area contributed by atoms with Crippen LogP contribution in [0.3, 0.4) is 0 Å². The number of carbonyl (C=O) groups excluding carboxylic acids is 1. The number of benzene rings is 1. The summed E-state index contributed by atoms with van der Waals surface area (Å²) in [5.41, 5.74) is 7.71. The SMILES string of the molecule is Cc1ccnc(SCCC(=O)Nc2ccc(Cl)cc2N)n1. The normalized spacial score (nSPS) is 10.4. The molecule has 3 N–H and O–H groups in total. The molecule has 2 rings (SSSR count). The number of nitrogens with two attached hydrogens (primary N) is 1. The van der Waals surface area contributed by atoms with E-state index in [0.29, 0.717) is 33.7 Å². The summed E-state index contributed by atoms with van der Waals surface area (Å²) in [4.78, 5) is 20.2. The van der Waals surface area contributed by atoms with Crippen molar-refractivity contribution in [2.75, 3.05) is 16.8 Å². The second-order valence-electron chi connectivity index (χ2n) is 4.36. The molecule has 1 amide bonds. The quantitative estimate of drug-likeness (QED) is 0.502. The van der Waals surface area contributed by atoms with Gasteiger partial charge in [-0.25, -0.2) is 9.97 Å². The predicted octanol–water partition coefficient (Wildman–Crippen LogP) is 3.14. The maximum Gasteiger partial charge on any atom is 0.225 e. The Hall–Kier alpha value is -1.79. The van der Waals surface area contributed by atoms with Crippen molar-refractivity contribution < 1.29 is 4.79 Å². The van der Waals surface area contributed by atoms with Crippen LogP contribution in [-0.2, 0) is 4.79 Å². The van der Waals surface area contributed by atoms with Crippen LogP contribution >= 0.6 is 23.4 Å². The Morgan fingerprint density at radius 2 is 2.24 bits per heavy atom. The van der Waals surface area contributed by atoms with Gasteiger partial charge in [0.2, 0.25) is 5.91 Å². The molecule has 0 aliphatic heterocycles. The Morgan fingerprint density at radius 1 is 1.43 bits per heavy atom. The topological polar surface area (TPSA) is 80.9 Å². The first-order valence-electron chi connectivity index (χ1n) is 6.32. The molecule has 0 spiro atoms. The zero-order chi connectivity index (χ0) is 15.2. The molecule has 0 aliphatic carbocycles. The number of amides is 1. The van der Waals surface area contributed by atoms with Crippen LogP contribution in [0, 0.1) is 6.92 Å². The molecular formula is C14H15ClN4OS. The van der Waals surface area contributed by atoms with Crippen LogP contribution < -0.4 is 11.1 Å². The Balaban J connectivity index is 1.82. The molecule has 21 heavy (non-hydrogen) atoms. The molecule has 0 bridgehead atoms. The highest BCUT2D eigenvalue weighted by Crippen LogP contribution is 2.23. The molecule has 0 saturated heterocycles. The Bertz CT molecular complexity index is 651. The summed E-state index contributed by atoms with van der Waals surface area (Å²) < 4.78 is 0. The van der Waals surface area contributed by atoms with Gasteiger partial charge >= 0.3 is 0 Å². The lowest BCUT2D eigenvalue weighted by atomic mass is 10.2. The minimum absolute atomic E-state index is 0.107. The molecule has 0 unspecified atom stereocenters. The summed E-state index contributed by atoms with van der Waals surface area (Å²) in [6.07, 6.45) is 2.06. The molecule has 0 fully saturated rings. The number of nitrogen functional groups attached to an aromatic ring is 1. The van der Waals surface area contributed by atoms with E-state index in [9.17, 15) is 4.79 Å². The highest BCUT2D eigenvalue weighted by atomic mass is 35.5. The molecule has 1 aromatic carbocycles. The van der Waals surface area contributed by atoms with Crippen molar-refractivity contribution in [3.63, 3.8) is 0 Å². The van der Waals surface area contributed by atoms with E-state index < -0.39 is 0 Å². The lowest BCUT2D eigenvalue weighted by molar-refractivity contribution is -0.115. The van der Waals surface area contributed by atoms with Crippen molar-refractivity contribution in [1.29, 1.82) is 0 Å². The highest BCUT2D eigenvalue weighted by molar-refractivity contribution is 7.99. The fraction of sp³-hybridized carbons (Fsp3) is 0.214.